The van der Waals surface area contributed by atoms with Crippen molar-refractivity contribution >= 4 is 16.6 Å². The molecule has 24 heavy (non-hydrogen) atoms. The lowest BCUT2D eigenvalue weighted by atomic mass is 9.97. The van der Waals surface area contributed by atoms with Gasteiger partial charge in [0.05, 0.1) is 19.0 Å². The molecule has 0 aliphatic carbocycles. The van der Waals surface area contributed by atoms with Crippen LogP contribution < -0.4 is 0 Å². The molecule has 1 heterocycles. The third-order valence-electron chi connectivity index (χ3n) is 6.28. The molecular formula is C19H40O3Si2. The summed E-state index contributed by atoms with van der Waals surface area (Å²) in [5.41, 5.74) is 0. The van der Waals surface area contributed by atoms with Crippen LogP contribution in [0.3, 0.4) is 0 Å². The summed E-state index contributed by atoms with van der Waals surface area (Å²) in [4.78, 5) is 0. The first kappa shape index (κ1) is 21.9. The standard InChI is InChI=1S/C19H40O3Si2/c1-15-16(22-24(10,11)19(5,6)7)12-13-20-17(15)14-21-23(8,9)18(2,3)4/h12-13,15-17H,14H2,1-11H3/t15-,16+,17+/m0/s1. The van der Waals surface area contributed by atoms with Crippen LogP contribution in [0.15, 0.2) is 12.3 Å². The molecule has 0 aromatic carbocycles. The summed E-state index contributed by atoms with van der Waals surface area (Å²) in [7, 11) is -3.55. The van der Waals surface area contributed by atoms with Gasteiger partial charge in [-0.05, 0) is 42.3 Å². The predicted molar refractivity (Wildman–Crippen MR) is 108 cm³/mol. The van der Waals surface area contributed by atoms with Crippen molar-refractivity contribution in [1.82, 2.24) is 0 Å². The van der Waals surface area contributed by atoms with Crippen LogP contribution in [0.1, 0.15) is 48.5 Å². The van der Waals surface area contributed by atoms with Crippen molar-refractivity contribution < 1.29 is 13.6 Å². The maximum absolute atomic E-state index is 6.61. The molecule has 0 bridgehead atoms. The highest BCUT2D eigenvalue weighted by Crippen LogP contribution is 2.40. The Labute approximate surface area is 152 Å². The molecule has 1 aliphatic heterocycles. The lowest BCUT2D eigenvalue weighted by Gasteiger charge is -2.43. The SMILES string of the molecule is C[C@H]1[C@H](O[Si](C)(C)C(C)(C)C)C=CO[C@@H]1CO[Si](C)(C)C(C)(C)C. The molecule has 0 fully saturated rings. The lowest BCUT2D eigenvalue weighted by Crippen LogP contribution is -2.49. The normalized spacial score (nSPS) is 26.4. The minimum atomic E-state index is -1.79. The average Bonchev–Trinajstić information content (AvgIpc) is 2.37. The van der Waals surface area contributed by atoms with Crippen LogP contribution in [0.25, 0.3) is 0 Å². The smallest absolute Gasteiger partial charge is 0.192 e. The van der Waals surface area contributed by atoms with Gasteiger partial charge in [-0.1, -0.05) is 48.5 Å². The second-order valence-electron chi connectivity index (χ2n) is 10.3. The topological polar surface area (TPSA) is 27.7 Å². The summed E-state index contributed by atoms with van der Waals surface area (Å²) in [5.74, 6) is 0.300. The number of ether oxygens (including phenoxy) is 1. The summed E-state index contributed by atoms with van der Waals surface area (Å²) >= 11 is 0. The van der Waals surface area contributed by atoms with Crippen molar-refractivity contribution in [3.63, 3.8) is 0 Å². The van der Waals surface area contributed by atoms with Crippen LogP contribution in [-0.4, -0.2) is 35.4 Å². The molecule has 142 valence electrons. The zero-order chi connectivity index (χ0) is 19.0. The molecule has 0 spiro atoms. The summed E-state index contributed by atoms with van der Waals surface area (Å²) in [5, 5.41) is 0.434. The molecule has 0 aromatic heterocycles. The van der Waals surface area contributed by atoms with Crippen LogP contribution >= 0.6 is 0 Å². The molecule has 1 rings (SSSR count). The molecule has 3 nitrogen and oxygen atoms in total. The van der Waals surface area contributed by atoms with Gasteiger partial charge in [-0.15, -0.1) is 0 Å². The average molecular weight is 373 g/mol. The maximum Gasteiger partial charge on any atom is 0.192 e. The van der Waals surface area contributed by atoms with Gasteiger partial charge in [-0.3, -0.25) is 0 Å². The van der Waals surface area contributed by atoms with Crippen LogP contribution in [0.2, 0.25) is 36.3 Å². The van der Waals surface area contributed by atoms with Crippen molar-refractivity contribution in [3.8, 4) is 0 Å². The van der Waals surface area contributed by atoms with Gasteiger partial charge in [0, 0.05) is 5.92 Å². The highest BCUT2D eigenvalue weighted by Gasteiger charge is 2.43. The molecule has 5 heteroatoms. The molecule has 0 N–H and O–H groups in total. The Kier molecular flexibility index (Phi) is 6.63. The van der Waals surface area contributed by atoms with Crippen molar-refractivity contribution in [2.45, 2.75) is 96.9 Å². The molecule has 0 radical (unpaired) electrons. The summed E-state index contributed by atoms with van der Waals surface area (Å²) in [6.07, 6.45) is 4.08. The van der Waals surface area contributed by atoms with E-state index in [4.69, 9.17) is 13.6 Å². The van der Waals surface area contributed by atoms with Crippen molar-refractivity contribution in [1.29, 1.82) is 0 Å². The van der Waals surface area contributed by atoms with E-state index in [0.29, 0.717) is 12.5 Å². The quantitative estimate of drug-likeness (QED) is 0.558. The molecule has 1 aliphatic rings. The summed E-state index contributed by atoms with van der Waals surface area (Å²) in [6.45, 7) is 25.7. The molecular weight excluding hydrogens is 332 g/mol. The van der Waals surface area contributed by atoms with Crippen molar-refractivity contribution in [2.75, 3.05) is 6.61 Å². The summed E-state index contributed by atoms with van der Waals surface area (Å²) < 4.78 is 18.9. The maximum atomic E-state index is 6.61. The van der Waals surface area contributed by atoms with E-state index in [1.807, 2.05) is 6.26 Å². The minimum absolute atomic E-state index is 0.0684. The van der Waals surface area contributed by atoms with Crippen LogP contribution in [0.5, 0.6) is 0 Å². The van der Waals surface area contributed by atoms with E-state index in [9.17, 15) is 0 Å². The van der Waals surface area contributed by atoms with Gasteiger partial charge in [-0.2, -0.15) is 0 Å². The van der Waals surface area contributed by atoms with Crippen LogP contribution in [0, 0.1) is 5.92 Å². The first-order chi connectivity index (χ1) is 10.6. The Bertz CT molecular complexity index is 445. The van der Waals surface area contributed by atoms with Crippen molar-refractivity contribution in [3.05, 3.63) is 12.3 Å². The fourth-order valence-corrected chi connectivity index (χ4v) is 4.44. The van der Waals surface area contributed by atoms with E-state index in [1.54, 1.807) is 0 Å². The van der Waals surface area contributed by atoms with E-state index in [2.05, 4.69) is 80.7 Å². The van der Waals surface area contributed by atoms with Gasteiger partial charge in [0.1, 0.15) is 6.10 Å². The zero-order valence-corrected chi connectivity index (χ0v) is 19.8. The van der Waals surface area contributed by atoms with E-state index < -0.39 is 16.6 Å². The number of hydrogen-bond donors (Lipinski definition) is 0. The molecule has 0 amide bonds. The highest BCUT2D eigenvalue weighted by molar-refractivity contribution is 6.74. The van der Waals surface area contributed by atoms with Gasteiger partial charge in [0.2, 0.25) is 0 Å². The van der Waals surface area contributed by atoms with Crippen LogP contribution in [0.4, 0.5) is 0 Å². The van der Waals surface area contributed by atoms with E-state index in [-0.39, 0.29) is 22.3 Å². The Morgan fingerprint density at radius 2 is 1.42 bits per heavy atom. The zero-order valence-electron chi connectivity index (χ0n) is 17.8. The number of hydrogen-bond acceptors (Lipinski definition) is 3. The third-order valence-corrected chi connectivity index (χ3v) is 15.3. The molecule has 0 unspecified atom stereocenters. The van der Waals surface area contributed by atoms with Crippen LogP contribution in [-0.2, 0) is 13.6 Å². The fraction of sp³-hybridized carbons (Fsp3) is 0.895. The number of rotatable bonds is 5. The lowest BCUT2D eigenvalue weighted by molar-refractivity contribution is -0.0122. The van der Waals surface area contributed by atoms with Crippen molar-refractivity contribution in [2.24, 2.45) is 5.92 Å². The Balaban J connectivity index is 2.74. The second-order valence-corrected chi connectivity index (χ2v) is 19.8. The second kappa shape index (κ2) is 7.25. The molecule has 3 atom stereocenters. The molecule has 0 saturated carbocycles. The van der Waals surface area contributed by atoms with E-state index >= 15 is 0 Å². The predicted octanol–water partition coefficient (Wildman–Crippen LogP) is 5.95. The Hall–Kier alpha value is -0.106. The minimum Gasteiger partial charge on any atom is -0.496 e. The Morgan fingerprint density at radius 3 is 1.88 bits per heavy atom. The van der Waals surface area contributed by atoms with E-state index in [0.717, 1.165) is 0 Å². The first-order valence-corrected chi connectivity index (χ1v) is 15.0. The van der Waals surface area contributed by atoms with E-state index in [1.165, 1.54) is 0 Å². The first-order valence-electron chi connectivity index (χ1n) is 9.22. The summed E-state index contributed by atoms with van der Waals surface area (Å²) in [6, 6.07) is 0. The monoisotopic (exact) mass is 372 g/mol. The third kappa shape index (κ3) is 5.19. The molecule has 0 aromatic rings. The van der Waals surface area contributed by atoms with Gasteiger partial charge >= 0.3 is 0 Å². The van der Waals surface area contributed by atoms with Gasteiger partial charge in [0.15, 0.2) is 16.6 Å². The van der Waals surface area contributed by atoms with Gasteiger partial charge in [0.25, 0.3) is 0 Å². The Morgan fingerprint density at radius 1 is 0.917 bits per heavy atom. The highest BCUT2D eigenvalue weighted by atomic mass is 28.4. The van der Waals surface area contributed by atoms with Gasteiger partial charge < -0.3 is 13.6 Å². The largest absolute Gasteiger partial charge is 0.496 e. The molecule has 0 saturated heterocycles. The van der Waals surface area contributed by atoms with Gasteiger partial charge in [-0.25, -0.2) is 0 Å². The fourth-order valence-electron chi connectivity index (χ4n) is 2.10.